The van der Waals surface area contributed by atoms with Crippen LogP contribution in [0.1, 0.15) is 46.5 Å². The second kappa shape index (κ2) is 29.6. The number of aromatic nitrogens is 10. The van der Waals surface area contributed by atoms with Gasteiger partial charge in [-0.1, -0.05) is 80.5 Å². The van der Waals surface area contributed by atoms with Gasteiger partial charge in [-0.15, -0.1) is 0 Å². The lowest BCUT2D eigenvalue weighted by Crippen LogP contribution is -2.60. The molecule has 7 aliphatic rings. The molecule has 10 heterocycles. The fourth-order valence-corrected chi connectivity index (χ4v) is 19.7. The number of amides is 1. The van der Waals surface area contributed by atoms with Gasteiger partial charge in [-0.3, -0.25) is 30.3 Å². The number of benzene rings is 6. The van der Waals surface area contributed by atoms with Crippen molar-refractivity contribution in [3.63, 3.8) is 0 Å². The SMILES string of the molecule is CC(=O)N1CCN(c2cc(Cl)cc3[nH]ncc23)CC12CC2.CC1(C)CN(c2cc(Br)cc3[nH]ncc23)CCN1S(C)(=O)=O.CN1CCN(c2cc(Cl)cc3[nH]ncc23)CC1.CS(=O)(=O)N1CCN(c2cc(Cl)cc3[nH]ncc23)CC12CC2.Clc1cc(N2CCN(c3ccccc3)CC2)c2cn[nH]c2c1. The van der Waals surface area contributed by atoms with Crippen LogP contribution in [-0.2, 0) is 24.8 Å². The minimum Gasteiger partial charge on any atom is -0.368 e. The zero-order valence-electron chi connectivity index (χ0n) is 58.9. The lowest BCUT2D eigenvalue weighted by Gasteiger charge is -2.46. The summed E-state index contributed by atoms with van der Waals surface area (Å²) < 4.78 is 52.1. The van der Waals surface area contributed by atoms with Crippen LogP contribution in [0.3, 0.4) is 0 Å². The Hall–Kier alpha value is -7.64. The molecule has 0 radical (unpaired) electrons. The van der Waals surface area contributed by atoms with Gasteiger partial charge in [0.05, 0.1) is 82.2 Å². The molecule has 2 saturated carbocycles. The van der Waals surface area contributed by atoms with Crippen LogP contribution in [0.25, 0.3) is 54.5 Å². The van der Waals surface area contributed by atoms with Gasteiger partial charge < -0.3 is 39.2 Å². The van der Waals surface area contributed by atoms with Gasteiger partial charge in [0.1, 0.15) is 0 Å². The minimum absolute atomic E-state index is 0.0441. The molecular formula is C72H85BrCl4N20O5S2. The van der Waals surface area contributed by atoms with Gasteiger partial charge in [0.15, 0.2) is 0 Å². The van der Waals surface area contributed by atoms with E-state index < -0.39 is 25.6 Å². The van der Waals surface area contributed by atoms with Crippen LogP contribution >= 0.6 is 62.3 Å². The van der Waals surface area contributed by atoms with Crippen molar-refractivity contribution in [1.82, 2.24) is 69.4 Å². The molecule has 6 aromatic carbocycles. The molecule has 18 rings (SSSR count). The van der Waals surface area contributed by atoms with E-state index >= 15 is 0 Å². The van der Waals surface area contributed by atoms with Crippen molar-refractivity contribution < 1.29 is 21.6 Å². The Morgan fingerprint density at radius 2 is 0.760 bits per heavy atom. The van der Waals surface area contributed by atoms with Crippen LogP contribution in [0.5, 0.6) is 0 Å². The number of aromatic amines is 5. The van der Waals surface area contributed by atoms with Crippen molar-refractivity contribution in [2.45, 2.75) is 63.1 Å². The number of anilines is 6. The Labute approximate surface area is 633 Å². The number of sulfonamides is 2. The first kappa shape index (κ1) is 73.3. The predicted octanol–water partition coefficient (Wildman–Crippen LogP) is 11.9. The summed E-state index contributed by atoms with van der Waals surface area (Å²) in [6, 6.07) is 30.2. The maximum atomic E-state index is 12.0. The van der Waals surface area contributed by atoms with Gasteiger partial charge in [-0.2, -0.15) is 34.1 Å². The van der Waals surface area contributed by atoms with Crippen LogP contribution in [0.4, 0.5) is 34.1 Å². The molecule has 5 N–H and O–H groups in total. The highest BCUT2D eigenvalue weighted by Gasteiger charge is 2.55. The Morgan fingerprint density at radius 3 is 1.15 bits per heavy atom. The van der Waals surface area contributed by atoms with E-state index in [2.05, 4.69) is 145 Å². The first-order valence-electron chi connectivity index (χ1n) is 34.8. The number of nitrogens with one attached hydrogen (secondary N) is 5. The standard InChI is InChI=1S/C17H17ClN4.C15H17ClN4O.C14H19BrN4O2S.C14H17ClN4O2S.C12H15ClN4/c18-13-10-16-15(12-19-20-16)17(11-13)22-8-6-21(7-9-22)14-4-2-1-3-5-14;1-10(21)20-5-4-19(9-15(20)2-3-15)14-7-11(16)6-13-12(14)8-17-18-13;1-14(2)9-18(4-5-19(14)22(3,20)21)13-7-10(15)6-12-11(13)8-16-17-12;1-22(20,21)19-5-4-18(9-14(19)2-3-14)13-7-10(15)6-12-11(13)8-16-17-12;1-16-2-4-17(5-3-16)12-7-9(13)6-11-10(12)8-14-15-11/h1-5,10-12H,6-9H2,(H,19,20);6-8H,2-5,9H2,1H3,(H,17,18);6-8H,4-5,9H2,1-3H3,(H,16,17);6-8H,2-5,9H2,1H3,(H,16,17);6-8H,2-5H2,1H3,(H,14,15). The highest BCUT2D eigenvalue weighted by atomic mass is 79.9. The van der Waals surface area contributed by atoms with Crippen LogP contribution in [0.15, 0.2) is 126 Å². The monoisotopic (exact) mass is 1590 g/mol. The molecule has 104 heavy (non-hydrogen) atoms. The zero-order chi connectivity index (χ0) is 73.0. The van der Waals surface area contributed by atoms with Gasteiger partial charge in [0, 0.05) is 209 Å². The zero-order valence-corrected chi connectivity index (χ0v) is 65.1. The van der Waals surface area contributed by atoms with Gasteiger partial charge in [-0.25, -0.2) is 16.8 Å². The fourth-order valence-electron chi connectivity index (χ4n) is 15.6. The molecule has 0 bridgehead atoms. The largest absolute Gasteiger partial charge is 0.368 e. The number of nitrogens with zero attached hydrogens (tertiary/aromatic N) is 15. The predicted molar refractivity (Wildman–Crippen MR) is 424 cm³/mol. The molecule has 1 amide bonds. The quantitative estimate of drug-likeness (QED) is 0.0947. The Balaban J connectivity index is 0.000000110. The Bertz CT molecular complexity index is 5040. The summed E-state index contributed by atoms with van der Waals surface area (Å²) >= 11 is 28.3. The molecule has 7 fully saturated rings. The summed E-state index contributed by atoms with van der Waals surface area (Å²) in [5, 5.41) is 43.7. The van der Waals surface area contributed by atoms with Crippen LogP contribution in [-0.4, -0.2) is 240 Å². The molecule has 2 aliphatic carbocycles. The summed E-state index contributed by atoms with van der Waals surface area (Å²) in [4.78, 5) is 30.2. The van der Waals surface area contributed by atoms with Gasteiger partial charge in [0.2, 0.25) is 26.0 Å². The number of H-pyrrole nitrogens is 5. The molecule has 5 aromatic heterocycles. The topological polar surface area (TPSA) is 261 Å². The van der Waals surface area contributed by atoms with E-state index in [-0.39, 0.29) is 17.0 Å². The third-order valence-electron chi connectivity index (χ3n) is 21.0. The number of carbonyl (C=O) groups is 1. The third kappa shape index (κ3) is 15.8. The van der Waals surface area contributed by atoms with E-state index in [0.29, 0.717) is 49.3 Å². The van der Waals surface area contributed by atoms with Crippen molar-refractivity contribution >= 4 is 177 Å². The lowest BCUT2D eigenvalue weighted by molar-refractivity contribution is -0.132. The molecule has 32 heteroatoms. The average Bonchev–Trinajstić information content (AvgIpc) is 1.58. The average molecular weight is 1600 g/mol. The van der Waals surface area contributed by atoms with Gasteiger partial charge in [0.25, 0.3) is 0 Å². The molecule has 11 aromatic rings. The number of carbonyl (C=O) groups excluding carboxylic acids is 1. The second-order valence-electron chi connectivity index (χ2n) is 28.7. The van der Waals surface area contributed by atoms with E-state index in [1.54, 1.807) is 21.7 Å². The fraction of sp³-hybridized carbons (Fsp3) is 0.417. The van der Waals surface area contributed by atoms with Crippen molar-refractivity contribution in [3.05, 3.63) is 147 Å². The first-order chi connectivity index (χ1) is 49.7. The van der Waals surface area contributed by atoms with E-state index in [1.807, 2.05) is 98.1 Å². The number of para-hydroxylation sites is 1. The number of hydrogen-bond donors (Lipinski definition) is 5. The van der Waals surface area contributed by atoms with Crippen LogP contribution < -0.4 is 29.4 Å². The third-order valence-corrected chi connectivity index (χ3v) is 25.2. The molecule has 5 saturated heterocycles. The van der Waals surface area contributed by atoms with Crippen molar-refractivity contribution in [2.24, 2.45) is 0 Å². The lowest BCUT2D eigenvalue weighted by atomic mass is 10.0. The maximum Gasteiger partial charge on any atom is 0.220 e. The normalized spacial score (nSPS) is 19.0. The number of fused-ring (bicyclic) bond motifs is 5. The van der Waals surface area contributed by atoms with E-state index in [9.17, 15) is 21.6 Å². The van der Waals surface area contributed by atoms with Gasteiger partial charge >= 0.3 is 0 Å². The van der Waals surface area contributed by atoms with Gasteiger partial charge in [-0.05, 0) is 119 Å². The molecule has 5 aliphatic heterocycles. The van der Waals surface area contributed by atoms with E-state index in [0.717, 1.165) is 184 Å². The second-order valence-corrected chi connectivity index (χ2v) is 35.2. The summed E-state index contributed by atoms with van der Waals surface area (Å²) in [6.07, 6.45) is 15.8. The summed E-state index contributed by atoms with van der Waals surface area (Å²) in [7, 11) is -4.20. The van der Waals surface area contributed by atoms with Crippen LogP contribution in [0, 0.1) is 0 Å². The number of halogens is 5. The van der Waals surface area contributed by atoms with Crippen molar-refractivity contribution in [1.29, 1.82) is 0 Å². The number of likely N-dealkylation sites (N-methyl/N-ethyl adjacent to an activating group) is 1. The Morgan fingerprint density at radius 1 is 0.423 bits per heavy atom. The van der Waals surface area contributed by atoms with Crippen molar-refractivity contribution in [2.75, 3.05) is 160 Å². The van der Waals surface area contributed by atoms with E-state index in [1.165, 1.54) is 29.6 Å². The molecular weight excluding hydrogens is 1510 g/mol. The summed E-state index contributed by atoms with van der Waals surface area (Å²) in [5.74, 6) is 0.187. The summed E-state index contributed by atoms with van der Waals surface area (Å²) in [5.41, 5.74) is 11.0. The number of hydrogen-bond acceptors (Lipinski definition) is 17. The van der Waals surface area contributed by atoms with E-state index in [4.69, 9.17) is 46.4 Å². The molecule has 0 atom stereocenters. The Kier molecular flexibility index (Phi) is 20.9. The maximum absolute atomic E-state index is 12.0. The highest BCUT2D eigenvalue weighted by molar-refractivity contribution is 9.10. The minimum atomic E-state index is -3.20. The smallest absolute Gasteiger partial charge is 0.220 e. The first-order valence-corrected chi connectivity index (χ1v) is 40.8. The van der Waals surface area contributed by atoms with Crippen LogP contribution in [0.2, 0.25) is 20.1 Å². The number of piperazine rings is 5. The molecule has 25 nitrogen and oxygen atoms in total. The molecule has 550 valence electrons. The highest BCUT2D eigenvalue weighted by Crippen LogP contribution is 2.49. The molecule has 0 unspecified atom stereocenters. The summed E-state index contributed by atoms with van der Waals surface area (Å²) in [6.45, 7) is 20.0. The molecule has 2 spiro atoms. The van der Waals surface area contributed by atoms with Crippen molar-refractivity contribution in [3.8, 4) is 0 Å². The number of rotatable bonds is 8.